The number of pyridine rings is 1. The first kappa shape index (κ1) is 34.7. The van der Waals surface area contributed by atoms with Crippen LogP contribution in [0.1, 0.15) is 33.7 Å². The third-order valence-corrected chi connectivity index (χ3v) is 6.80. The van der Waals surface area contributed by atoms with E-state index in [0.29, 0.717) is 5.56 Å². The Kier molecular flexibility index (Phi) is 10.9. The van der Waals surface area contributed by atoms with Crippen LogP contribution in [0.3, 0.4) is 0 Å². The second-order valence-electron chi connectivity index (χ2n) is 9.79. The number of benzene rings is 1. The maximum Gasteiger partial charge on any atom is 0.573 e. The van der Waals surface area contributed by atoms with Crippen molar-refractivity contribution in [2.24, 2.45) is 0 Å². The number of likely N-dealkylation sites (N-methyl/N-ethyl adjacent to an activating group) is 1. The molecule has 0 saturated carbocycles. The van der Waals surface area contributed by atoms with Gasteiger partial charge < -0.3 is 15.4 Å². The number of aromatic nitrogens is 4. The van der Waals surface area contributed by atoms with Crippen molar-refractivity contribution in [3.05, 3.63) is 83.0 Å². The van der Waals surface area contributed by atoms with Gasteiger partial charge in [-0.25, -0.2) is 8.78 Å². The highest BCUT2D eigenvalue weighted by Crippen LogP contribution is 2.33. The highest BCUT2D eigenvalue weighted by Gasteiger charge is 2.32. The molecule has 0 spiro atoms. The molecule has 3 N–H and O–H groups in total. The molecule has 3 heterocycles. The predicted molar refractivity (Wildman–Crippen MR) is 153 cm³/mol. The number of rotatable bonds is 13. The fourth-order valence-electron chi connectivity index (χ4n) is 4.02. The number of carbonyl (C=O) groups excluding carboxylic acids is 2. The molecule has 12 nitrogen and oxygen atoms in total. The van der Waals surface area contributed by atoms with Gasteiger partial charge in [0.2, 0.25) is 0 Å². The lowest BCUT2D eigenvalue weighted by Gasteiger charge is -2.22. The zero-order chi connectivity index (χ0) is 33.6. The van der Waals surface area contributed by atoms with Gasteiger partial charge in [0.1, 0.15) is 29.1 Å². The summed E-state index contributed by atoms with van der Waals surface area (Å²) >= 11 is 0.964. The molecule has 1 unspecified atom stereocenters. The topological polar surface area (TPSA) is 130 Å². The summed E-state index contributed by atoms with van der Waals surface area (Å²) in [6.07, 6.45) is -2.61. The van der Waals surface area contributed by atoms with E-state index < -0.39 is 52.1 Å². The van der Waals surface area contributed by atoms with E-state index in [-0.39, 0.29) is 43.0 Å². The molecule has 0 fully saturated rings. The van der Waals surface area contributed by atoms with Crippen LogP contribution in [0, 0.1) is 5.82 Å². The molecule has 3 aromatic rings. The van der Waals surface area contributed by atoms with Gasteiger partial charge in [0, 0.05) is 73.7 Å². The van der Waals surface area contributed by atoms with Crippen LogP contribution in [0.2, 0.25) is 0 Å². The van der Waals surface area contributed by atoms with Crippen molar-refractivity contribution < 1.29 is 45.1 Å². The average molecular weight is 771 g/mol. The van der Waals surface area contributed by atoms with Gasteiger partial charge in [-0.05, 0) is 29.8 Å². The lowest BCUT2D eigenvalue weighted by Crippen LogP contribution is -2.42. The first-order valence-corrected chi connectivity index (χ1v) is 14.3. The molecule has 248 valence electrons. The first-order valence-electron chi connectivity index (χ1n) is 13.2. The monoisotopic (exact) mass is 771 g/mol. The number of nitrogens with zero attached hydrogens (tertiary/aromatic N) is 6. The van der Waals surface area contributed by atoms with Crippen LogP contribution in [0.15, 0.2) is 54.6 Å². The standard InChI is InChI=1S/C26H25F7IN9O3/c1-41-21(24(45)37-11-16-8-18(3-4-19(16)28)46-26(31,32)33)14-43(40-41)12-17(27)6-7-42-13-20(38-39-42)23(44)36-10-15-2-5-22(35-9-15)25(29,30)34/h2-5,8-9,13-14,17,40H,6-7,10-12H2,1H3,(H,36,44)(H,37,45). The Labute approximate surface area is 270 Å². The second-order valence-corrected chi connectivity index (χ2v) is 11.1. The molecule has 1 aliphatic rings. The number of halogens is 8. The van der Waals surface area contributed by atoms with Crippen LogP contribution in [-0.4, -0.2) is 67.9 Å². The van der Waals surface area contributed by atoms with Gasteiger partial charge in [-0.2, -0.15) is 8.78 Å². The highest BCUT2D eigenvalue weighted by atomic mass is 127. The molecule has 4 rings (SSSR count). The van der Waals surface area contributed by atoms with Crippen LogP contribution in [0.5, 0.6) is 5.75 Å². The molecule has 2 aromatic heterocycles. The molecule has 0 saturated heterocycles. The summed E-state index contributed by atoms with van der Waals surface area (Å²) in [7, 11) is 1.47. The number of hydrazine groups is 2. The minimum absolute atomic E-state index is 0.00411. The average Bonchev–Trinajstić information content (AvgIpc) is 3.60. The van der Waals surface area contributed by atoms with Crippen molar-refractivity contribution in [1.29, 1.82) is 0 Å². The molecule has 1 aromatic carbocycles. The fourth-order valence-corrected chi connectivity index (χ4v) is 4.34. The van der Waals surface area contributed by atoms with Crippen LogP contribution >= 0.6 is 22.6 Å². The molecular weight excluding hydrogens is 746 g/mol. The van der Waals surface area contributed by atoms with Gasteiger partial charge >= 0.3 is 10.3 Å². The van der Waals surface area contributed by atoms with Gasteiger partial charge in [-0.3, -0.25) is 29.3 Å². The van der Waals surface area contributed by atoms with Crippen molar-refractivity contribution in [2.75, 3.05) is 13.6 Å². The maximum atomic E-state index is 14.8. The Morgan fingerprint density at radius 2 is 1.83 bits per heavy atom. The number of alkyl halides is 7. The van der Waals surface area contributed by atoms with E-state index in [0.717, 1.165) is 46.9 Å². The molecule has 2 amide bonds. The van der Waals surface area contributed by atoms with E-state index in [2.05, 4.69) is 36.2 Å². The van der Waals surface area contributed by atoms with E-state index in [1.807, 2.05) is 0 Å². The van der Waals surface area contributed by atoms with Crippen LogP contribution in [0.4, 0.5) is 30.7 Å². The molecule has 0 bridgehead atoms. The number of amides is 2. The lowest BCUT2D eigenvalue weighted by molar-refractivity contribution is -0.274. The number of carbonyl (C=O) groups is 2. The smallest absolute Gasteiger partial charge is 0.406 e. The van der Waals surface area contributed by atoms with Gasteiger partial charge in [0.15, 0.2) is 5.69 Å². The minimum Gasteiger partial charge on any atom is -0.406 e. The SMILES string of the molecule is CN1NN(CC(F)CCn2cc(C(=O)NCc3ccc(C(F)(F)I)nc3)nn2)C=C1C(=O)NCc1cc(OC(F)(F)F)ccc1F. The number of ether oxygens (including phenoxy) is 1. The molecule has 1 atom stereocenters. The normalized spacial score (nSPS) is 14.2. The van der Waals surface area contributed by atoms with E-state index >= 15 is 0 Å². The molecule has 20 heteroatoms. The summed E-state index contributed by atoms with van der Waals surface area (Å²) in [5.41, 5.74) is 2.55. The molecule has 0 aliphatic carbocycles. The molecule has 1 aliphatic heterocycles. The zero-order valence-electron chi connectivity index (χ0n) is 23.7. The third-order valence-electron chi connectivity index (χ3n) is 6.25. The summed E-state index contributed by atoms with van der Waals surface area (Å²) in [4.78, 5) is 28.7. The van der Waals surface area contributed by atoms with E-state index in [1.165, 1.54) is 46.4 Å². The van der Waals surface area contributed by atoms with E-state index in [4.69, 9.17) is 0 Å². The highest BCUT2D eigenvalue weighted by molar-refractivity contribution is 14.1. The summed E-state index contributed by atoms with van der Waals surface area (Å²) in [5.74, 6) is -2.79. The Morgan fingerprint density at radius 3 is 2.50 bits per heavy atom. The largest absolute Gasteiger partial charge is 0.573 e. The Balaban J connectivity index is 1.22. The lowest BCUT2D eigenvalue weighted by atomic mass is 10.2. The zero-order valence-corrected chi connectivity index (χ0v) is 25.8. The third kappa shape index (κ3) is 9.89. The second kappa shape index (κ2) is 14.5. The fraction of sp³-hybridized carbons (Fsp3) is 0.346. The summed E-state index contributed by atoms with van der Waals surface area (Å²) < 4.78 is 94.7. The minimum atomic E-state index is -4.97. The van der Waals surface area contributed by atoms with Crippen molar-refractivity contribution in [3.63, 3.8) is 0 Å². The summed E-state index contributed by atoms with van der Waals surface area (Å²) in [6.45, 7) is -0.588. The van der Waals surface area contributed by atoms with E-state index in [9.17, 15) is 40.3 Å². The molecular formula is C26H25F7IN9O3. The van der Waals surface area contributed by atoms with Crippen molar-refractivity contribution in [1.82, 2.24) is 46.2 Å². The Bertz CT molecular complexity index is 1570. The van der Waals surface area contributed by atoms with Gasteiger partial charge in [0.25, 0.3) is 11.8 Å². The Morgan fingerprint density at radius 1 is 1.09 bits per heavy atom. The number of aryl methyl sites for hydroxylation is 1. The number of hydrogen-bond donors (Lipinski definition) is 3. The predicted octanol–water partition coefficient (Wildman–Crippen LogP) is 3.68. The van der Waals surface area contributed by atoms with Crippen molar-refractivity contribution in [3.8, 4) is 5.75 Å². The maximum absolute atomic E-state index is 14.8. The van der Waals surface area contributed by atoms with Gasteiger partial charge in [-0.1, -0.05) is 11.3 Å². The van der Waals surface area contributed by atoms with Gasteiger partial charge in [0.05, 0.1) is 12.7 Å². The van der Waals surface area contributed by atoms with Crippen molar-refractivity contribution >= 4 is 34.4 Å². The van der Waals surface area contributed by atoms with Crippen LogP contribution < -0.4 is 20.9 Å². The first-order chi connectivity index (χ1) is 21.6. The summed E-state index contributed by atoms with van der Waals surface area (Å²) in [6, 6.07) is 4.97. The molecule has 46 heavy (non-hydrogen) atoms. The van der Waals surface area contributed by atoms with E-state index in [1.54, 1.807) is 0 Å². The molecule has 0 radical (unpaired) electrons. The van der Waals surface area contributed by atoms with Crippen LogP contribution in [-0.2, 0) is 28.4 Å². The Hall–Kier alpha value is -4.21. The number of nitrogens with one attached hydrogen (secondary N) is 3. The van der Waals surface area contributed by atoms with Gasteiger partial charge in [-0.15, -0.1) is 23.8 Å². The van der Waals surface area contributed by atoms with Crippen molar-refractivity contribution in [2.45, 2.75) is 42.5 Å². The quantitative estimate of drug-likeness (QED) is 0.136. The summed E-state index contributed by atoms with van der Waals surface area (Å²) in [5, 5.41) is 15.1. The number of hydrogen-bond acceptors (Lipinski definition) is 9. The van der Waals surface area contributed by atoms with Crippen LogP contribution in [0.25, 0.3) is 0 Å².